The quantitative estimate of drug-likeness (QED) is 0.331. The van der Waals surface area contributed by atoms with Gasteiger partial charge >= 0.3 is 52.4 Å². The summed E-state index contributed by atoms with van der Waals surface area (Å²) in [5.74, 6) is -2.75. The first-order valence-electron chi connectivity index (χ1n) is 20.5. The molecule has 0 aromatic rings. The molecule has 322 valence electrons. The molecule has 6 saturated carbocycles. The Morgan fingerprint density at radius 3 is 0.966 bits per heavy atom. The van der Waals surface area contributed by atoms with Gasteiger partial charge in [-0.1, -0.05) is 0 Å². The zero-order valence-corrected chi connectivity index (χ0v) is 37.1. The van der Waals surface area contributed by atoms with Gasteiger partial charge in [0.05, 0.1) is 59.8 Å². The smallest absolute Gasteiger partial charge is 0.498 e. The van der Waals surface area contributed by atoms with E-state index in [0.717, 1.165) is 38.5 Å². The monoisotopic (exact) mass is 816 g/mol. The topological polar surface area (TPSA) is 189 Å². The first kappa shape index (κ1) is 45.3. The van der Waals surface area contributed by atoms with Gasteiger partial charge in [-0.3, -0.25) is 29.0 Å². The molecule has 0 aromatic heterocycles. The third kappa shape index (κ3) is 7.79. The predicted molar refractivity (Wildman–Crippen MR) is 215 cm³/mol. The second-order valence-electron chi connectivity index (χ2n) is 21.7. The highest BCUT2D eigenvalue weighted by Crippen LogP contribution is 2.87. The maximum Gasteiger partial charge on any atom is 0.605 e. The zero-order valence-electron chi connectivity index (χ0n) is 37.1. The summed E-state index contributed by atoms with van der Waals surface area (Å²) in [5, 5.41) is 16.3. The van der Waals surface area contributed by atoms with Gasteiger partial charge < -0.3 is 47.4 Å². The maximum absolute atomic E-state index is 12.0. The van der Waals surface area contributed by atoms with Gasteiger partial charge in [0.25, 0.3) is 0 Å². The van der Waals surface area contributed by atoms with Crippen molar-refractivity contribution in [2.24, 2.45) is 0 Å². The predicted octanol–water partition coefficient (Wildman–Crippen LogP) is 4.21. The van der Waals surface area contributed by atoms with E-state index in [2.05, 4.69) is 55.4 Å². The van der Waals surface area contributed by atoms with Crippen molar-refractivity contribution in [1.82, 2.24) is 9.80 Å². The third-order valence-electron chi connectivity index (χ3n) is 15.1. The van der Waals surface area contributed by atoms with Crippen molar-refractivity contribution in [3.63, 3.8) is 0 Å². The van der Waals surface area contributed by atoms with Crippen molar-refractivity contribution in [2.45, 2.75) is 176 Å². The Balaban J connectivity index is 0.000000160. The molecule has 10 aliphatic rings. The number of carbonyl (C=O) groups is 4. The van der Waals surface area contributed by atoms with Crippen LogP contribution in [0.4, 0.5) is 0 Å². The highest BCUT2D eigenvalue weighted by atomic mass is 16.7. The van der Waals surface area contributed by atoms with Gasteiger partial charge in [0.2, 0.25) is 0 Å². The van der Waals surface area contributed by atoms with Crippen molar-refractivity contribution < 1.29 is 66.6 Å². The summed E-state index contributed by atoms with van der Waals surface area (Å²) in [7, 11) is 1.91. The van der Waals surface area contributed by atoms with Crippen molar-refractivity contribution in [1.29, 1.82) is 0 Å². The lowest BCUT2D eigenvalue weighted by Crippen LogP contribution is -2.67. The van der Waals surface area contributed by atoms with E-state index in [9.17, 15) is 19.2 Å². The van der Waals surface area contributed by atoms with E-state index in [1.165, 1.54) is 11.9 Å². The van der Waals surface area contributed by atoms with E-state index in [0.29, 0.717) is 0 Å². The van der Waals surface area contributed by atoms with Gasteiger partial charge in [0, 0.05) is 21.3 Å². The molecule has 4 bridgehead atoms. The average Bonchev–Trinajstić information content (AvgIpc) is 3.37. The second-order valence-corrected chi connectivity index (χ2v) is 21.7. The summed E-state index contributed by atoms with van der Waals surface area (Å²) >= 11 is 0. The molecule has 16 nitrogen and oxygen atoms in total. The zero-order chi connectivity index (χ0) is 43.5. The van der Waals surface area contributed by atoms with E-state index in [1.807, 2.05) is 27.7 Å². The third-order valence-corrected chi connectivity index (χ3v) is 15.1. The standard InChI is InChI=1S/C17H30B2O4.C16H25B2NO6.C5H9NO4/c1-12(2)13(3,4)21-18(20-12)16-9-17(10-16,11-16)19-22-14(5,6)15(7,8)23-19;1-13(2)14(3,4)25-18(24-13)16-8-15(9-16,10-16)17-22-11(20)6-19(5)7-12(21)23-17;1-6(2-4(7)8)3-5(9)10/h9-11H2,1-8H3;6-10H2,1-5H3;2-3H2,1H3,(H,7,8)(H,9,10). The van der Waals surface area contributed by atoms with Crippen LogP contribution in [0.3, 0.4) is 0 Å². The van der Waals surface area contributed by atoms with Crippen LogP contribution in [0.15, 0.2) is 0 Å². The number of carboxylic acids is 2. The SMILES string of the molecule is CC1(C)OB(C23CC(B4OC(C)(C)C(C)(C)O4)(C2)C3)OC1(C)C.CN(CC(=O)O)CC(=O)O.CN1CC(=O)OB(C23CC(B4OC(C)(C)C(C)(C)O4)(C2)C3)OC(=O)C1. The maximum atomic E-state index is 12.0. The number of aliphatic carboxylic acids is 2. The van der Waals surface area contributed by atoms with Crippen LogP contribution in [-0.4, -0.2) is 146 Å². The molecule has 0 spiro atoms. The van der Waals surface area contributed by atoms with Crippen LogP contribution in [0.2, 0.25) is 21.3 Å². The minimum Gasteiger partial charge on any atom is -0.498 e. The molecule has 0 radical (unpaired) electrons. The molecule has 4 aliphatic heterocycles. The van der Waals surface area contributed by atoms with Crippen LogP contribution >= 0.6 is 0 Å². The number of hydrogen-bond acceptors (Lipinski definition) is 14. The molecule has 10 rings (SSSR count). The molecular weight excluding hydrogens is 752 g/mol. The molecule has 0 atom stereocenters. The summed E-state index contributed by atoms with van der Waals surface area (Å²) in [6.45, 7) is 24.9. The summed E-state index contributed by atoms with van der Waals surface area (Å²) in [5.41, 5.74) is -1.70. The van der Waals surface area contributed by atoms with Crippen LogP contribution in [0.1, 0.15) is 122 Å². The van der Waals surface area contributed by atoms with Crippen LogP contribution < -0.4 is 0 Å². The number of hydrogen-bond donors (Lipinski definition) is 2. The Morgan fingerprint density at radius 1 is 0.517 bits per heavy atom. The van der Waals surface area contributed by atoms with Crippen LogP contribution in [0, 0.1) is 0 Å². The normalized spacial score (nSPS) is 36.6. The Bertz CT molecular complexity index is 1520. The lowest BCUT2D eigenvalue weighted by atomic mass is 9.16. The molecule has 4 saturated heterocycles. The first-order valence-corrected chi connectivity index (χ1v) is 20.5. The summed E-state index contributed by atoms with van der Waals surface area (Å²) in [6.07, 6.45) is 5.64. The van der Waals surface area contributed by atoms with Crippen LogP contribution in [0.25, 0.3) is 0 Å². The Labute approximate surface area is 344 Å². The van der Waals surface area contributed by atoms with E-state index >= 15 is 0 Å². The minimum atomic E-state index is -1.02. The highest BCUT2D eigenvalue weighted by molar-refractivity contribution is 6.59. The second kappa shape index (κ2) is 14.2. The molecule has 10 fully saturated rings. The summed E-state index contributed by atoms with van der Waals surface area (Å²) in [4.78, 5) is 46.6. The molecule has 4 heterocycles. The van der Waals surface area contributed by atoms with Crippen molar-refractivity contribution in [2.75, 3.05) is 40.3 Å². The number of carboxylic acid groups (broad SMARTS) is 2. The van der Waals surface area contributed by atoms with Gasteiger partial charge in [-0.05, 0) is 136 Å². The average molecular weight is 816 g/mol. The summed E-state index contributed by atoms with van der Waals surface area (Å²) in [6, 6.07) is 0. The Hall–Kier alpha value is -2.18. The van der Waals surface area contributed by atoms with Crippen molar-refractivity contribution in [3.05, 3.63) is 0 Å². The van der Waals surface area contributed by atoms with E-state index in [1.54, 1.807) is 11.9 Å². The van der Waals surface area contributed by atoms with E-state index in [-0.39, 0.29) is 114 Å². The largest absolute Gasteiger partial charge is 0.605 e. The highest BCUT2D eigenvalue weighted by Gasteiger charge is 2.83. The van der Waals surface area contributed by atoms with E-state index < -0.39 is 19.1 Å². The van der Waals surface area contributed by atoms with Gasteiger partial charge in [-0.2, -0.15) is 0 Å². The lowest BCUT2D eigenvalue weighted by Gasteiger charge is -2.71. The number of rotatable bonds is 8. The van der Waals surface area contributed by atoms with Crippen LogP contribution in [0.5, 0.6) is 0 Å². The van der Waals surface area contributed by atoms with Crippen LogP contribution in [-0.2, 0) is 56.4 Å². The molecule has 0 amide bonds. The fourth-order valence-corrected chi connectivity index (χ4v) is 9.78. The molecule has 0 unspecified atom stereocenters. The van der Waals surface area contributed by atoms with Gasteiger partial charge in [-0.15, -0.1) is 0 Å². The Kier molecular flexibility index (Phi) is 11.1. The fraction of sp³-hybridized carbons (Fsp3) is 0.895. The van der Waals surface area contributed by atoms with Crippen molar-refractivity contribution in [3.8, 4) is 0 Å². The van der Waals surface area contributed by atoms with E-state index in [4.69, 9.17) is 47.4 Å². The molecule has 0 aromatic carbocycles. The minimum absolute atomic E-state index is 0.0526. The van der Waals surface area contributed by atoms with Gasteiger partial charge in [-0.25, -0.2) is 0 Å². The molecule has 2 N–H and O–H groups in total. The Morgan fingerprint density at radius 2 is 0.741 bits per heavy atom. The lowest BCUT2D eigenvalue weighted by molar-refractivity contribution is -0.149. The molecule has 58 heavy (non-hydrogen) atoms. The first-order chi connectivity index (χ1) is 26.2. The van der Waals surface area contributed by atoms with Gasteiger partial charge in [0.15, 0.2) is 0 Å². The molecular formula is C38H64B4N2O14. The van der Waals surface area contributed by atoms with Crippen molar-refractivity contribution >= 4 is 52.4 Å². The number of carbonyl (C=O) groups excluding carboxylic acids is 2. The molecule has 20 heteroatoms. The fourth-order valence-electron chi connectivity index (χ4n) is 9.78. The number of likely N-dealkylation sites (N-methyl/N-ethyl adjacent to an activating group) is 2. The van der Waals surface area contributed by atoms with Gasteiger partial charge in [0.1, 0.15) is 0 Å². The summed E-state index contributed by atoms with van der Waals surface area (Å²) < 4.78 is 48.5. The molecule has 6 aliphatic carbocycles. The number of nitrogens with zero attached hydrogens (tertiary/aromatic N) is 2.